The van der Waals surface area contributed by atoms with Gasteiger partial charge in [-0.3, -0.25) is 4.99 Å². The maximum Gasteiger partial charge on any atom is 0.123 e. The molecule has 2 N–H and O–H groups in total. The number of ether oxygens (including phenoxy) is 1. The van der Waals surface area contributed by atoms with Crippen LogP contribution in [0.5, 0.6) is 5.75 Å². The lowest BCUT2D eigenvalue weighted by Gasteiger charge is -2.18. The van der Waals surface area contributed by atoms with Crippen LogP contribution in [-0.2, 0) is 0 Å². The molecule has 0 fully saturated rings. The summed E-state index contributed by atoms with van der Waals surface area (Å²) < 4.78 is 5.38. The summed E-state index contributed by atoms with van der Waals surface area (Å²) in [5, 5.41) is 6.86. The van der Waals surface area contributed by atoms with Crippen molar-refractivity contribution in [2.75, 3.05) is 24.4 Å². The second kappa shape index (κ2) is 7.18. The predicted octanol–water partition coefficient (Wildman–Crippen LogP) is 4.74. The zero-order valence-electron chi connectivity index (χ0n) is 14.6. The van der Waals surface area contributed by atoms with E-state index in [1.807, 2.05) is 19.1 Å². The zero-order valence-corrected chi connectivity index (χ0v) is 14.6. The second-order valence-electron chi connectivity index (χ2n) is 5.75. The molecule has 0 radical (unpaired) electrons. The van der Waals surface area contributed by atoms with Crippen LogP contribution in [-0.4, -0.2) is 20.5 Å². The fourth-order valence-corrected chi connectivity index (χ4v) is 2.93. The topological polar surface area (TPSA) is 45.6 Å². The molecule has 2 aromatic carbocycles. The van der Waals surface area contributed by atoms with E-state index in [0.717, 1.165) is 28.4 Å². The lowest BCUT2D eigenvalue weighted by Crippen LogP contribution is -2.14. The van der Waals surface area contributed by atoms with Crippen molar-refractivity contribution in [3.05, 3.63) is 46.5 Å². The summed E-state index contributed by atoms with van der Waals surface area (Å²) in [7, 11) is 1.67. The van der Waals surface area contributed by atoms with Crippen molar-refractivity contribution in [1.82, 2.24) is 0 Å². The van der Waals surface area contributed by atoms with Gasteiger partial charge in [-0.05, 0) is 57.7 Å². The number of anilines is 2. The molecular weight excluding hydrogens is 286 g/mol. The number of hydrogen-bond acceptors (Lipinski definition) is 4. The van der Waals surface area contributed by atoms with Gasteiger partial charge >= 0.3 is 0 Å². The minimum absolute atomic E-state index is 0.598. The molecule has 0 aliphatic carbocycles. The molecule has 4 heteroatoms. The zero-order chi connectivity index (χ0) is 17.0. The lowest BCUT2D eigenvalue weighted by atomic mass is 10.1. The minimum Gasteiger partial charge on any atom is -0.496 e. The second-order valence-corrected chi connectivity index (χ2v) is 5.75. The van der Waals surface area contributed by atoms with Crippen molar-refractivity contribution in [3.8, 4) is 5.75 Å². The van der Waals surface area contributed by atoms with Crippen LogP contribution in [0.15, 0.2) is 29.3 Å². The third kappa shape index (κ3) is 3.65. The molecule has 0 aromatic heterocycles. The van der Waals surface area contributed by atoms with E-state index in [-0.39, 0.29) is 0 Å². The molecule has 2 aromatic rings. The van der Waals surface area contributed by atoms with Crippen LogP contribution < -0.4 is 15.4 Å². The van der Waals surface area contributed by atoms with Gasteiger partial charge in [-0.1, -0.05) is 17.7 Å². The molecule has 23 heavy (non-hydrogen) atoms. The van der Waals surface area contributed by atoms with Crippen LogP contribution in [0.2, 0.25) is 0 Å². The van der Waals surface area contributed by atoms with Gasteiger partial charge in [0.05, 0.1) is 25.2 Å². The monoisotopic (exact) mass is 311 g/mol. The molecule has 0 bridgehead atoms. The van der Waals surface area contributed by atoms with E-state index in [2.05, 4.69) is 55.2 Å². The third-order valence-corrected chi connectivity index (χ3v) is 3.99. The standard InChI is InChI=1S/C19H25N3O/c1-12-9-13(2)18(14(3)10-12)21-11-22-19-15(4)17(23-6)8-7-16(19)20-5/h7-10,21-22H,5,11H2,1-4,6H3. The average molecular weight is 311 g/mol. The number of rotatable bonds is 6. The fourth-order valence-electron chi connectivity index (χ4n) is 2.93. The first kappa shape index (κ1) is 16.9. The molecule has 0 amide bonds. The number of aliphatic imine (C=N–C) groups is 1. The summed E-state index contributed by atoms with van der Waals surface area (Å²) >= 11 is 0. The fraction of sp³-hybridized carbons (Fsp3) is 0.316. The lowest BCUT2D eigenvalue weighted by molar-refractivity contribution is 0.412. The van der Waals surface area contributed by atoms with Crippen molar-refractivity contribution >= 4 is 23.8 Å². The summed E-state index contributed by atoms with van der Waals surface area (Å²) in [6.07, 6.45) is 0. The Morgan fingerprint density at radius 3 is 2.17 bits per heavy atom. The van der Waals surface area contributed by atoms with Crippen LogP contribution in [0.1, 0.15) is 22.3 Å². The first-order chi connectivity index (χ1) is 11.0. The van der Waals surface area contributed by atoms with Crippen LogP contribution in [0.25, 0.3) is 0 Å². The van der Waals surface area contributed by atoms with Gasteiger partial charge < -0.3 is 15.4 Å². The maximum absolute atomic E-state index is 5.38. The third-order valence-electron chi connectivity index (χ3n) is 3.99. The Hall–Kier alpha value is -2.49. The van der Waals surface area contributed by atoms with Gasteiger partial charge in [-0.25, -0.2) is 0 Å². The highest BCUT2D eigenvalue weighted by Crippen LogP contribution is 2.34. The Kier molecular flexibility index (Phi) is 5.27. The summed E-state index contributed by atoms with van der Waals surface area (Å²) in [6, 6.07) is 8.18. The highest BCUT2D eigenvalue weighted by molar-refractivity contribution is 5.74. The van der Waals surface area contributed by atoms with E-state index in [1.54, 1.807) is 7.11 Å². The molecule has 0 saturated heterocycles. The Morgan fingerprint density at radius 2 is 1.61 bits per heavy atom. The summed E-state index contributed by atoms with van der Waals surface area (Å²) in [5.41, 5.74) is 7.72. The molecular formula is C19H25N3O. The number of benzene rings is 2. The largest absolute Gasteiger partial charge is 0.496 e. The molecule has 0 spiro atoms. The SMILES string of the molecule is C=Nc1ccc(OC)c(C)c1NCNc1c(C)cc(C)cc1C. The van der Waals surface area contributed by atoms with Gasteiger partial charge in [-0.2, -0.15) is 0 Å². The van der Waals surface area contributed by atoms with Crippen LogP contribution in [0.3, 0.4) is 0 Å². The van der Waals surface area contributed by atoms with Crippen molar-refractivity contribution in [2.24, 2.45) is 4.99 Å². The van der Waals surface area contributed by atoms with Crippen molar-refractivity contribution in [2.45, 2.75) is 27.7 Å². The van der Waals surface area contributed by atoms with E-state index >= 15 is 0 Å². The molecule has 0 atom stereocenters. The first-order valence-corrected chi connectivity index (χ1v) is 7.67. The molecule has 2 rings (SSSR count). The number of methoxy groups -OCH3 is 1. The minimum atomic E-state index is 0.598. The Bertz CT molecular complexity index is 700. The summed E-state index contributed by atoms with van der Waals surface area (Å²) in [5.74, 6) is 0.836. The van der Waals surface area contributed by atoms with Crippen molar-refractivity contribution in [3.63, 3.8) is 0 Å². The summed E-state index contributed by atoms with van der Waals surface area (Å²) in [4.78, 5) is 4.08. The molecule has 0 unspecified atom stereocenters. The van der Waals surface area contributed by atoms with E-state index < -0.39 is 0 Å². The molecule has 4 nitrogen and oxygen atoms in total. The number of hydrogen-bond donors (Lipinski definition) is 2. The molecule has 0 aliphatic rings. The Balaban J connectivity index is 2.18. The molecule has 122 valence electrons. The maximum atomic E-state index is 5.38. The van der Waals surface area contributed by atoms with E-state index in [4.69, 9.17) is 4.74 Å². The Morgan fingerprint density at radius 1 is 1.00 bits per heavy atom. The highest BCUT2D eigenvalue weighted by atomic mass is 16.5. The first-order valence-electron chi connectivity index (χ1n) is 7.67. The van der Waals surface area contributed by atoms with Crippen LogP contribution in [0, 0.1) is 27.7 Å². The predicted molar refractivity (Wildman–Crippen MR) is 99.7 cm³/mol. The molecule has 0 aliphatic heterocycles. The number of aryl methyl sites for hydroxylation is 3. The molecule has 0 saturated carbocycles. The smallest absolute Gasteiger partial charge is 0.123 e. The van der Waals surface area contributed by atoms with Crippen LogP contribution >= 0.6 is 0 Å². The van der Waals surface area contributed by atoms with Gasteiger partial charge in [0, 0.05) is 11.3 Å². The number of nitrogens with zero attached hydrogens (tertiary/aromatic N) is 1. The Labute approximate surface area is 138 Å². The highest BCUT2D eigenvalue weighted by Gasteiger charge is 2.10. The average Bonchev–Trinajstić information content (AvgIpc) is 2.50. The quantitative estimate of drug-likeness (QED) is 0.598. The van der Waals surface area contributed by atoms with Crippen LogP contribution in [0.4, 0.5) is 17.1 Å². The van der Waals surface area contributed by atoms with Gasteiger partial charge in [0.15, 0.2) is 0 Å². The number of nitrogens with one attached hydrogen (secondary N) is 2. The van der Waals surface area contributed by atoms with Gasteiger partial charge in [-0.15, -0.1) is 0 Å². The van der Waals surface area contributed by atoms with Gasteiger partial charge in [0.2, 0.25) is 0 Å². The van der Waals surface area contributed by atoms with Crippen molar-refractivity contribution < 1.29 is 4.74 Å². The van der Waals surface area contributed by atoms with Crippen molar-refractivity contribution in [1.29, 1.82) is 0 Å². The normalized spacial score (nSPS) is 10.3. The summed E-state index contributed by atoms with van der Waals surface area (Å²) in [6.45, 7) is 12.6. The van der Waals surface area contributed by atoms with E-state index in [0.29, 0.717) is 6.67 Å². The van der Waals surface area contributed by atoms with Gasteiger partial charge in [0.1, 0.15) is 5.75 Å². The van der Waals surface area contributed by atoms with E-state index in [9.17, 15) is 0 Å². The van der Waals surface area contributed by atoms with E-state index in [1.165, 1.54) is 16.7 Å². The molecule has 0 heterocycles. The van der Waals surface area contributed by atoms with Gasteiger partial charge in [0.25, 0.3) is 0 Å².